The van der Waals surface area contributed by atoms with Crippen LogP contribution in [0, 0.1) is 3.57 Å². The molecule has 0 N–H and O–H groups in total. The van der Waals surface area contributed by atoms with Gasteiger partial charge in [0.05, 0.1) is 48.8 Å². The van der Waals surface area contributed by atoms with Crippen LogP contribution in [0.2, 0.25) is 0 Å². The Kier molecular flexibility index (Phi) is 11.1. The number of methoxy groups -OCH3 is 2. The van der Waals surface area contributed by atoms with Gasteiger partial charge in [0.25, 0.3) is 5.56 Å². The van der Waals surface area contributed by atoms with Crippen molar-refractivity contribution in [3.8, 4) is 23.0 Å². The summed E-state index contributed by atoms with van der Waals surface area (Å²) in [4.78, 5) is 32.7. The van der Waals surface area contributed by atoms with E-state index in [0.29, 0.717) is 60.2 Å². The molecule has 0 fully saturated rings. The van der Waals surface area contributed by atoms with Crippen molar-refractivity contribution in [2.45, 2.75) is 46.4 Å². The molecule has 1 aliphatic heterocycles. The Morgan fingerprint density at radius 1 is 1.04 bits per heavy atom. The van der Waals surface area contributed by atoms with Gasteiger partial charge >= 0.3 is 5.97 Å². The molecule has 0 aliphatic carbocycles. The molecular formula is C35H34BrIN2O7S. The van der Waals surface area contributed by atoms with E-state index in [2.05, 4.69) is 43.5 Å². The first-order valence-electron chi connectivity index (χ1n) is 14.8. The van der Waals surface area contributed by atoms with Crippen molar-refractivity contribution in [2.24, 2.45) is 4.99 Å². The number of esters is 1. The maximum atomic E-state index is 14.2. The zero-order valence-electron chi connectivity index (χ0n) is 26.8. The minimum atomic E-state index is -0.801. The highest BCUT2D eigenvalue weighted by Crippen LogP contribution is 2.37. The largest absolute Gasteiger partial charge is 0.493 e. The van der Waals surface area contributed by atoms with Gasteiger partial charge in [-0.3, -0.25) is 9.36 Å². The second-order valence-corrected chi connectivity index (χ2v) is 13.9. The molecule has 2 heterocycles. The van der Waals surface area contributed by atoms with Gasteiger partial charge < -0.3 is 23.7 Å². The van der Waals surface area contributed by atoms with Crippen LogP contribution in [0.4, 0.5) is 0 Å². The highest BCUT2D eigenvalue weighted by atomic mass is 127. The molecule has 0 unspecified atom stereocenters. The quantitative estimate of drug-likeness (QED) is 0.125. The molecule has 5 rings (SSSR count). The van der Waals surface area contributed by atoms with Gasteiger partial charge in [-0.1, -0.05) is 45.5 Å². The molecule has 47 heavy (non-hydrogen) atoms. The summed E-state index contributed by atoms with van der Waals surface area (Å²) in [6, 6.07) is 16.3. The third-order valence-electron chi connectivity index (χ3n) is 7.26. The third-order valence-corrected chi connectivity index (χ3v) is 9.65. The number of carbonyl (C=O) groups is 1. The van der Waals surface area contributed by atoms with Crippen LogP contribution >= 0.6 is 49.9 Å². The minimum Gasteiger partial charge on any atom is -0.493 e. The zero-order chi connectivity index (χ0) is 33.8. The molecule has 0 radical (unpaired) electrons. The highest BCUT2D eigenvalue weighted by molar-refractivity contribution is 14.1. The van der Waals surface area contributed by atoms with Crippen LogP contribution in [0.3, 0.4) is 0 Å². The molecule has 0 spiro atoms. The average molecular weight is 834 g/mol. The lowest BCUT2D eigenvalue weighted by Gasteiger charge is -2.25. The van der Waals surface area contributed by atoms with Crippen molar-refractivity contribution < 1.29 is 28.5 Å². The summed E-state index contributed by atoms with van der Waals surface area (Å²) in [6.45, 7) is 7.89. The normalized spacial score (nSPS) is 14.5. The number of carbonyl (C=O) groups excluding carboxylic acids is 1. The minimum absolute atomic E-state index is 0.0730. The fourth-order valence-corrected chi connectivity index (χ4v) is 6.96. The van der Waals surface area contributed by atoms with Gasteiger partial charge in [0, 0.05) is 8.04 Å². The van der Waals surface area contributed by atoms with E-state index in [1.807, 2.05) is 56.3 Å². The lowest BCUT2D eigenvalue weighted by Crippen LogP contribution is -2.40. The summed E-state index contributed by atoms with van der Waals surface area (Å²) >= 11 is 7.15. The van der Waals surface area contributed by atoms with Gasteiger partial charge in [0.2, 0.25) is 0 Å². The molecule has 0 amide bonds. The number of ether oxygens (including phenoxy) is 5. The Bertz CT molecular complexity index is 2020. The molecule has 0 saturated heterocycles. The number of thiazole rings is 1. The summed E-state index contributed by atoms with van der Waals surface area (Å²) in [7, 11) is 3.12. The molecule has 0 saturated carbocycles. The standard InChI is InChI=1S/C35H34BrIN2O7S/c1-7-44-34(41)31-20(4)38-35-39(32(31)22-10-13-26(46-19(2)3)27(14-22)42-5)33(40)30(47-35)16-23-15-28(43-6)29(17-25(23)36)45-18-21-8-11-24(37)12-9-21/h8-17,19,32H,7,18H2,1-6H3/b30-16-/t32-/m1/s1. The number of hydrogen-bond acceptors (Lipinski definition) is 9. The van der Waals surface area contributed by atoms with Gasteiger partial charge in [-0.2, -0.15) is 0 Å². The van der Waals surface area contributed by atoms with Crippen molar-refractivity contribution in [2.75, 3.05) is 20.8 Å². The Morgan fingerprint density at radius 3 is 2.40 bits per heavy atom. The summed E-state index contributed by atoms with van der Waals surface area (Å²) < 4.78 is 32.6. The predicted molar refractivity (Wildman–Crippen MR) is 193 cm³/mol. The van der Waals surface area contributed by atoms with E-state index in [4.69, 9.17) is 23.7 Å². The number of rotatable bonds is 11. The molecule has 246 valence electrons. The first-order chi connectivity index (χ1) is 22.5. The number of hydrogen-bond donors (Lipinski definition) is 0. The molecule has 9 nitrogen and oxygen atoms in total. The monoisotopic (exact) mass is 832 g/mol. The van der Waals surface area contributed by atoms with Crippen LogP contribution in [-0.4, -0.2) is 37.5 Å². The summed E-state index contributed by atoms with van der Waals surface area (Å²) in [6.07, 6.45) is 1.70. The van der Waals surface area contributed by atoms with Gasteiger partial charge in [0.15, 0.2) is 27.8 Å². The van der Waals surface area contributed by atoms with E-state index < -0.39 is 12.0 Å². The second kappa shape index (κ2) is 15.1. The van der Waals surface area contributed by atoms with Crippen LogP contribution in [-0.2, 0) is 16.1 Å². The first kappa shape index (κ1) is 34.7. The van der Waals surface area contributed by atoms with Crippen LogP contribution < -0.4 is 33.8 Å². The number of allylic oxidation sites excluding steroid dienone is 1. The SMILES string of the molecule is CCOC(=O)C1=C(C)N=c2s/c(=C\c3cc(OC)c(OCc4ccc(I)cc4)cc3Br)c(=O)n2[C@@H]1c1ccc(OC(C)C)c(OC)c1. The average Bonchev–Trinajstić information content (AvgIpc) is 3.34. The van der Waals surface area contributed by atoms with Gasteiger partial charge in [-0.25, -0.2) is 9.79 Å². The zero-order valence-corrected chi connectivity index (χ0v) is 31.3. The van der Waals surface area contributed by atoms with E-state index in [9.17, 15) is 9.59 Å². The molecule has 0 bridgehead atoms. The molecule has 1 aromatic heterocycles. The van der Waals surface area contributed by atoms with Gasteiger partial charge in [-0.05, 0) is 109 Å². The van der Waals surface area contributed by atoms with E-state index in [0.717, 1.165) is 9.13 Å². The maximum Gasteiger partial charge on any atom is 0.338 e. The van der Waals surface area contributed by atoms with Crippen molar-refractivity contribution in [3.63, 3.8) is 0 Å². The van der Waals surface area contributed by atoms with Gasteiger partial charge in [-0.15, -0.1) is 0 Å². The molecule has 1 aliphatic rings. The van der Waals surface area contributed by atoms with Crippen molar-refractivity contribution in [1.82, 2.24) is 4.57 Å². The van der Waals surface area contributed by atoms with Crippen LogP contribution in [0.15, 0.2) is 80.1 Å². The second-order valence-electron chi connectivity index (χ2n) is 10.8. The third kappa shape index (κ3) is 7.60. The molecule has 3 aromatic carbocycles. The van der Waals surface area contributed by atoms with Crippen molar-refractivity contribution in [3.05, 3.63) is 110 Å². The maximum absolute atomic E-state index is 14.2. The summed E-state index contributed by atoms with van der Waals surface area (Å²) in [5.74, 6) is 1.58. The molecule has 4 aromatic rings. The Balaban J connectivity index is 1.59. The van der Waals surface area contributed by atoms with E-state index in [1.54, 1.807) is 46.3 Å². The number of nitrogens with zero attached hydrogens (tertiary/aromatic N) is 2. The Hall–Kier alpha value is -3.62. The number of benzene rings is 3. The van der Waals surface area contributed by atoms with Crippen LogP contribution in [0.5, 0.6) is 23.0 Å². The lowest BCUT2D eigenvalue weighted by atomic mass is 9.95. The van der Waals surface area contributed by atoms with Crippen molar-refractivity contribution >= 4 is 61.9 Å². The fourth-order valence-electron chi connectivity index (χ4n) is 5.13. The number of aromatic nitrogens is 1. The number of halogens is 2. The Labute approximate surface area is 298 Å². The van der Waals surface area contributed by atoms with E-state index >= 15 is 0 Å². The van der Waals surface area contributed by atoms with Crippen LogP contribution in [0.1, 0.15) is 50.4 Å². The van der Waals surface area contributed by atoms with E-state index in [-0.39, 0.29) is 23.8 Å². The number of fused-ring (bicyclic) bond motifs is 1. The molecular weight excluding hydrogens is 799 g/mol. The fraction of sp³-hybridized carbons (Fsp3) is 0.286. The van der Waals surface area contributed by atoms with Crippen LogP contribution in [0.25, 0.3) is 6.08 Å². The molecule has 1 atom stereocenters. The predicted octanol–water partition coefficient (Wildman–Crippen LogP) is 6.55. The van der Waals surface area contributed by atoms with Crippen molar-refractivity contribution in [1.29, 1.82) is 0 Å². The Morgan fingerprint density at radius 2 is 1.74 bits per heavy atom. The highest BCUT2D eigenvalue weighted by Gasteiger charge is 2.34. The summed E-state index contributed by atoms with van der Waals surface area (Å²) in [5, 5.41) is 0. The summed E-state index contributed by atoms with van der Waals surface area (Å²) in [5.41, 5.74) is 2.84. The smallest absolute Gasteiger partial charge is 0.338 e. The van der Waals surface area contributed by atoms with E-state index in [1.165, 1.54) is 15.9 Å². The topological polar surface area (TPSA) is 97.6 Å². The lowest BCUT2D eigenvalue weighted by molar-refractivity contribution is -0.139. The van der Waals surface area contributed by atoms with Gasteiger partial charge in [0.1, 0.15) is 6.61 Å². The molecule has 12 heteroatoms. The first-order valence-corrected chi connectivity index (χ1v) is 17.5.